The van der Waals surface area contributed by atoms with E-state index < -0.39 is 0 Å². The Bertz CT molecular complexity index is 1570. The summed E-state index contributed by atoms with van der Waals surface area (Å²) in [5.41, 5.74) is 10.5. The van der Waals surface area contributed by atoms with E-state index in [0.29, 0.717) is 34.3 Å². The van der Waals surface area contributed by atoms with Crippen molar-refractivity contribution in [2.24, 2.45) is 13.0 Å². The highest BCUT2D eigenvalue weighted by molar-refractivity contribution is 5.98. The first kappa shape index (κ1) is 21.0. The van der Waals surface area contributed by atoms with Crippen LogP contribution < -0.4 is 11.1 Å². The van der Waals surface area contributed by atoms with Crippen molar-refractivity contribution in [3.05, 3.63) is 66.6 Å². The number of oxazole rings is 1. The molecule has 0 saturated heterocycles. The Labute approximate surface area is 200 Å². The van der Waals surface area contributed by atoms with E-state index in [1.807, 2.05) is 44.6 Å². The number of amides is 1. The zero-order valence-corrected chi connectivity index (χ0v) is 19.1. The van der Waals surface area contributed by atoms with Crippen LogP contribution in [0.3, 0.4) is 0 Å². The van der Waals surface area contributed by atoms with Gasteiger partial charge in [0.2, 0.25) is 11.8 Å². The van der Waals surface area contributed by atoms with E-state index in [-0.39, 0.29) is 17.7 Å². The maximum atomic E-state index is 12.8. The molecule has 35 heavy (non-hydrogen) atoms. The lowest BCUT2D eigenvalue weighted by Crippen LogP contribution is -2.15. The molecule has 0 aliphatic heterocycles. The summed E-state index contributed by atoms with van der Waals surface area (Å²) in [7, 11) is 1.87. The van der Waals surface area contributed by atoms with Gasteiger partial charge >= 0.3 is 0 Å². The Kier molecular flexibility index (Phi) is 4.80. The first-order valence-corrected chi connectivity index (χ1v) is 11.2. The summed E-state index contributed by atoms with van der Waals surface area (Å²) in [4.78, 5) is 30.4. The molecule has 2 atom stereocenters. The van der Waals surface area contributed by atoms with Crippen LogP contribution in [0.2, 0.25) is 0 Å². The van der Waals surface area contributed by atoms with Gasteiger partial charge in [0.15, 0.2) is 0 Å². The molecule has 2 unspecified atom stereocenters. The number of fused-ring (bicyclic) bond motifs is 1. The zero-order valence-electron chi connectivity index (χ0n) is 19.1. The largest absolute Gasteiger partial charge is 0.443 e. The van der Waals surface area contributed by atoms with E-state index in [9.17, 15) is 4.79 Å². The number of nitrogens with two attached hydrogens (primary N) is 1. The third kappa shape index (κ3) is 3.88. The van der Waals surface area contributed by atoms with Gasteiger partial charge in [-0.25, -0.2) is 15.0 Å². The molecule has 5 aromatic heterocycles. The molecule has 5 heterocycles. The summed E-state index contributed by atoms with van der Waals surface area (Å²) in [6, 6.07) is 5.64. The average Bonchev–Trinajstić information content (AvgIpc) is 3.22. The highest BCUT2D eigenvalue weighted by Crippen LogP contribution is 2.47. The third-order valence-corrected chi connectivity index (χ3v) is 6.31. The van der Waals surface area contributed by atoms with Crippen LogP contribution >= 0.6 is 0 Å². The van der Waals surface area contributed by atoms with E-state index >= 15 is 0 Å². The van der Waals surface area contributed by atoms with E-state index in [2.05, 4.69) is 30.4 Å². The monoisotopic (exact) mass is 466 g/mol. The summed E-state index contributed by atoms with van der Waals surface area (Å²) in [5, 5.41) is 8.69. The summed E-state index contributed by atoms with van der Waals surface area (Å²) in [6.07, 6.45) is 11.0. The Hall–Kier alpha value is -4.60. The maximum absolute atomic E-state index is 12.8. The normalized spacial score (nSPS) is 17.0. The van der Waals surface area contributed by atoms with Crippen molar-refractivity contribution in [2.45, 2.75) is 19.3 Å². The van der Waals surface area contributed by atoms with Crippen molar-refractivity contribution >= 4 is 28.3 Å². The second-order valence-electron chi connectivity index (χ2n) is 8.79. The minimum Gasteiger partial charge on any atom is -0.443 e. The highest BCUT2D eigenvalue weighted by Gasteiger charge is 2.44. The van der Waals surface area contributed by atoms with Gasteiger partial charge in [-0.2, -0.15) is 5.10 Å². The maximum Gasteiger partial charge on any atom is 0.244 e. The van der Waals surface area contributed by atoms with Crippen molar-refractivity contribution < 1.29 is 9.21 Å². The number of rotatable bonds is 5. The van der Waals surface area contributed by atoms with Crippen LogP contribution in [0.25, 0.3) is 33.6 Å². The summed E-state index contributed by atoms with van der Waals surface area (Å²) in [5.74, 6) is 1.37. The molecular formula is C25H22N8O2. The fraction of sp³-hybridized carbons (Fsp3) is 0.200. The second-order valence-corrected chi connectivity index (χ2v) is 8.79. The van der Waals surface area contributed by atoms with Gasteiger partial charge in [-0.05, 0) is 54.0 Å². The molecule has 0 bridgehead atoms. The van der Waals surface area contributed by atoms with Crippen molar-refractivity contribution in [1.29, 1.82) is 0 Å². The van der Waals surface area contributed by atoms with Crippen LogP contribution in [0.4, 0.5) is 11.6 Å². The molecule has 6 rings (SSSR count). The topological polar surface area (TPSA) is 138 Å². The van der Waals surface area contributed by atoms with Gasteiger partial charge in [0.1, 0.15) is 23.6 Å². The molecule has 174 valence electrons. The van der Waals surface area contributed by atoms with Crippen molar-refractivity contribution in [1.82, 2.24) is 29.7 Å². The van der Waals surface area contributed by atoms with Crippen LogP contribution in [0, 0.1) is 12.8 Å². The molecule has 0 spiro atoms. The number of pyridine rings is 3. The highest BCUT2D eigenvalue weighted by atomic mass is 16.3. The fourth-order valence-corrected chi connectivity index (χ4v) is 4.38. The first-order valence-electron chi connectivity index (χ1n) is 11.2. The Morgan fingerprint density at radius 3 is 2.77 bits per heavy atom. The molecule has 0 radical (unpaired) electrons. The second kappa shape index (κ2) is 8.01. The van der Waals surface area contributed by atoms with Crippen molar-refractivity contribution in [3.8, 4) is 22.8 Å². The number of carbonyl (C=O) groups is 1. The van der Waals surface area contributed by atoms with E-state index in [1.54, 1.807) is 23.3 Å². The number of aryl methyl sites for hydroxylation is 2. The SMILES string of the molecule is Cc1cc(-c2ncco2)ncc1-c1cc2cc(NC(=O)C3CC3c3cnn(C)c3)ncc2c(N)n1. The Morgan fingerprint density at radius 1 is 1.14 bits per heavy atom. The van der Waals surface area contributed by atoms with Gasteiger partial charge in [0, 0.05) is 42.5 Å². The smallest absolute Gasteiger partial charge is 0.244 e. The molecule has 1 fully saturated rings. The van der Waals surface area contributed by atoms with Crippen LogP contribution in [-0.4, -0.2) is 35.6 Å². The van der Waals surface area contributed by atoms with Crippen molar-refractivity contribution in [3.63, 3.8) is 0 Å². The molecule has 1 aliphatic rings. The minimum atomic E-state index is -0.0781. The molecule has 1 aliphatic carbocycles. The Morgan fingerprint density at radius 2 is 2.03 bits per heavy atom. The van der Waals surface area contributed by atoms with Gasteiger partial charge in [0.05, 0.1) is 18.1 Å². The molecule has 1 amide bonds. The van der Waals surface area contributed by atoms with Gasteiger partial charge in [-0.1, -0.05) is 0 Å². The van der Waals surface area contributed by atoms with Gasteiger partial charge in [-0.15, -0.1) is 0 Å². The Balaban J connectivity index is 1.26. The van der Waals surface area contributed by atoms with Crippen LogP contribution in [0.1, 0.15) is 23.5 Å². The van der Waals surface area contributed by atoms with Gasteiger partial charge in [0.25, 0.3) is 0 Å². The standard InChI is InChI=1S/C25H22N8O2/c1-13-5-21(25-27-3-4-35-25)28-10-18(13)20-6-14-7-22(29-11-19(14)23(26)31-20)32-24(34)17-8-16(17)15-9-30-33(2)12-15/h3-7,9-12,16-17H,8H2,1-2H3,(H2,26,31)(H,29,32,34). The average molecular weight is 467 g/mol. The number of nitrogen functional groups attached to an aromatic ring is 1. The van der Waals surface area contributed by atoms with Gasteiger partial charge < -0.3 is 15.5 Å². The molecule has 1 saturated carbocycles. The van der Waals surface area contributed by atoms with Crippen LogP contribution in [0.5, 0.6) is 0 Å². The first-order chi connectivity index (χ1) is 17.0. The number of anilines is 2. The quantitative estimate of drug-likeness (QED) is 0.400. The number of nitrogens with zero attached hydrogens (tertiary/aromatic N) is 6. The number of hydrogen-bond acceptors (Lipinski definition) is 8. The van der Waals surface area contributed by atoms with Crippen LogP contribution in [-0.2, 0) is 11.8 Å². The number of aromatic nitrogens is 6. The predicted molar refractivity (Wildman–Crippen MR) is 130 cm³/mol. The predicted octanol–water partition coefficient (Wildman–Crippen LogP) is 3.71. The molecule has 5 aromatic rings. The zero-order chi connectivity index (χ0) is 24.1. The van der Waals surface area contributed by atoms with Gasteiger partial charge in [-0.3, -0.25) is 14.5 Å². The third-order valence-electron chi connectivity index (χ3n) is 6.31. The van der Waals surface area contributed by atoms with Crippen molar-refractivity contribution in [2.75, 3.05) is 11.1 Å². The van der Waals surface area contributed by atoms with E-state index in [1.165, 1.54) is 6.26 Å². The summed E-state index contributed by atoms with van der Waals surface area (Å²) in [6.45, 7) is 1.97. The lowest BCUT2D eigenvalue weighted by Gasteiger charge is -2.11. The minimum absolute atomic E-state index is 0.0462. The lowest BCUT2D eigenvalue weighted by molar-refractivity contribution is -0.117. The van der Waals surface area contributed by atoms with E-state index in [0.717, 1.165) is 28.5 Å². The summed E-state index contributed by atoms with van der Waals surface area (Å²) < 4.78 is 7.09. The molecule has 10 heteroatoms. The molecule has 0 aromatic carbocycles. The van der Waals surface area contributed by atoms with E-state index in [4.69, 9.17) is 10.2 Å². The number of nitrogens with one attached hydrogen (secondary N) is 1. The number of hydrogen-bond donors (Lipinski definition) is 2. The molecular weight excluding hydrogens is 444 g/mol. The molecule has 10 nitrogen and oxygen atoms in total. The summed E-state index contributed by atoms with van der Waals surface area (Å²) >= 11 is 0. The molecule has 3 N–H and O–H groups in total. The van der Waals surface area contributed by atoms with Crippen LogP contribution in [0.15, 0.2) is 59.9 Å². The fourth-order valence-electron chi connectivity index (χ4n) is 4.38. The number of carbonyl (C=O) groups excluding carboxylic acids is 1. The lowest BCUT2D eigenvalue weighted by atomic mass is 10.0.